The molecule has 4 nitrogen and oxygen atoms in total. The van der Waals surface area contributed by atoms with Gasteiger partial charge in [-0.1, -0.05) is 24.6 Å². The SMILES string of the molecule is COC(=O)C1(C2C=CCCC2)C=CC2(CCCCC2)OC1=O. The van der Waals surface area contributed by atoms with Crippen molar-refractivity contribution in [2.75, 3.05) is 7.11 Å². The monoisotopic (exact) mass is 304 g/mol. The lowest BCUT2D eigenvalue weighted by atomic mass is 9.68. The average molecular weight is 304 g/mol. The first-order valence-corrected chi connectivity index (χ1v) is 8.32. The fourth-order valence-corrected chi connectivity index (χ4v) is 4.01. The Kier molecular flexibility index (Phi) is 4.11. The Morgan fingerprint density at radius 1 is 1.23 bits per heavy atom. The van der Waals surface area contributed by atoms with Gasteiger partial charge in [-0.2, -0.15) is 0 Å². The summed E-state index contributed by atoms with van der Waals surface area (Å²) in [7, 11) is 1.34. The lowest BCUT2D eigenvalue weighted by Gasteiger charge is -2.43. The first-order chi connectivity index (χ1) is 10.6. The number of ether oxygens (including phenoxy) is 2. The zero-order valence-corrected chi connectivity index (χ0v) is 13.2. The van der Waals surface area contributed by atoms with E-state index in [0.717, 1.165) is 44.9 Å². The quantitative estimate of drug-likeness (QED) is 0.446. The van der Waals surface area contributed by atoms with E-state index in [1.165, 1.54) is 13.5 Å². The third kappa shape index (κ3) is 2.38. The number of esters is 2. The molecular formula is C18H24O4. The van der Waals surface area contributed by atoms with Crippen LogP contribution < -0.4 is 0 Å². The van der Waals surface area contributed by atoms with E-state index < -0.39 is 23.0 Å². The molecule has 0 saturated heterocycles. The van der Waals surface area contributed by atoms with Gasteiger partial charge in [0.2, 0.25) is 0 Å². The molecule has 3 rings (SSSR count). The molecule has 1 saturated carbocycles. The molecule has 0 amide bonds. The van der Waals surface area contributed by atoms with Crippen LogP contribution in [0.15, 0.2) is 24.3 Å². The minimum absolute atomic E-state index is 0.168. The summed E-state index contributed by atoms with van der Waals surface area (Å²) < 4.78 is 10.8. The van der Waals surface area contributed by atoms with Crippen LogP contribution in [0.1, 0.15) is 51.4 Å². The molecule has 0 aromatic rings. The van der Waals surface area contributed by atoms with Crippen molar-refractivity contribution >= 4 is 11.9 Å². The minimum Gasteiger partial charge on any atom is -0.468 e. The van der Waals surface area contributed by atoms with Gasteiger partial charge < -0.3 is 9.47 Å². The lowest BCUT2D eigenvalue weighted by molar-refractivity contribution is -0.182. The van der Waals surface area contributed by atoms with Gasteiger partial charge in [-0.15, -0.1) is 0 Å². The molecule has 22 heavy (non-hydrogen) atoms. The molecule has 0 bridgehead atoms. The van der Waals surface area contributed by atoms with Gasteiger partial charge in [-0.25, -0.2) is 0 Å². The van der Waals surface area contributed by atoms with E-state index >= 15 is 0 Å². The molecule has 0 aromatic heterocycles. The van der Waals surface area contributed by atoms with Crippen molar-refractivity contribution < 1.29 is 19.1 Å². The molecule has 2 unspecified atom stereocenters. The molecule has 0 aromatic carbocycles. The second-order valence-electron chi connectivity index (χ2n) is 6.67. The Bertz CT molecular complexity index is 513. The molecule has 4 heteroatoms. The van der Waals surface area contributed by atoms with Crippen LogP contribution in [0.5, 0.6) is 0 Å². The number of allylic oxidation sites excluding steroid dienone is 2. The predicted octanol–water partition coefficient (Wildman–Crippen LogP) is 3.32. The zero-order valence-electron chi connectivity index (χ0n) is 13.2. The highest BCUT2D eigenvalue weighted by Gasteiger charge is 2.56. The second-order valence-corrected chi connectivity index (χ2v) is 6.67. The lowest BCUT2D eigenvalue weighted by Crippen LogP contribution is -2.53. The van der Waals surface area contributed by atoms with Crippen LogP contribution in [0, 0.1) is 11.3 Å². The van der Waals surface area contributed by atoms with Crippen molar-refractivity contribution in [1.29, 1.82) is 0 Å². The van der Waals surface area contributed by atoms with E-state index in [-0.39, 0.29) is 5.92 Å². The van der Waals surface area contributed by atoms with Gasteiger partial charge in [0.15, 0.2) is 5.41 Å². The highest BCUT2D eigenvalue weighted by molar-refractivity contribution is 6.04. The third-order valence-electron chi connectivity index (χ3n) is 5.35. The van der Waals surface area contributed by atoms with Gasteiger partial charge in [0.1, 0.15) is 5.60 Å². The van der Waals surface area contributed by atoms with Crippen LogP contribution >= 0.6 is 0 Å². The van der Waals surface area contributed by atoms with E-state index in [9.17, 15) is 9.59 Å². The van der Waals surface area contributed by atoms with Crippen molar-refractivity contribution in [3.05, 3.63) is 24.3 Å². The summed E-state index contributed by atoms with van der Waals surface area (Å²) in [6.45, 7) is 0. The molecule has 1 spiro atoms. The van der Waals surface area contributed by atoms with Crippen molar-refractivity contribution in [2.45, 2.75) is 57.0 Å². The van der Waals surface area contributed by atoms with Crippen molar-refractivity contribution in [2.24, 2.45) is 11.3 Å². The Hall–Kier alpha value is -1.58. The molecule has 1 heterocycles. The van der Waals surface area contributed by atoms with Gasteiger partial charge in [-0.3, -0.25) is 9.59 Å². The Morgan fingerprint density at radius 3 is 2.59 bits per heavy atom. The van der Waals surface area contributed by atoms with E-state index in [1.807, 2.05) is 18.2 Å². The summed E-state index contributed by atoms with van der Waals surface area (Å²) in [5.74, 6) is -1.10. The molecule has 2 atom stereocenters. The van der Waals surface area contributed by atoms with Gasteiger partial charge in [0.05, 0.1) is 7.11 Å². The summed E-state index contributed by atoms with van der Waals surface area (Å²) in [5, 5.41) is 0. The molecule has 1 fully saturated rings. The Balaban J connectivity index is 1.98. The van der Waals surface area contributed by atoms with E-state index in [1.54, 1.807) is 6.08 Å². The fourth-order valence-electron chi connectivity index (χ4n) is 4.01. The highest BCUT2D eigenvalue weighted by Crippen LogP contribution is 2.46. The van der Waals surface area contributed by atoms with Crippen LogP contribution in [0.3, 0.4) is 0 Å². The third-order valence-corrected chi connectivity index (χ3v) is 5.35. The van der Waals surface area contributed by atoms with Gasteiger partial charge in [-0.05, 0) is 51.0 Å². The molecule has 3 aliphatic rings. The number of carbonyl (C=O) groups is 2. The molecule has 2 aliphatic carbocycles. The number of rotatable bonds is 2. The number of hydrogen-bond donors (Lipinski definition) is 0. The maximum Gasteiger partial charge on any atom is 0.328 e. The van der Waals surface area contributed by atoms with Crippen LogP contribution in [0.25, 0.3) is 0 Å². The Morgan fingerprint density at radius 2 is 2.00 bits per heavy atom. The van der Waals surface area contributed by atoms with Gasteiger partial charge >= 0.3 is 11.9 Å². The molecule has 0 N–H and O–H groups in total. The molecular weight excluding hydrogens is 280 g/mol. The second kappa shape index (κ2) is 5.90. The molecule has 120 valence electrons. The zero-order chi connectivity index (χ0) is 15.6. The smallest absolute Gasteiger partial charge is 0.328 e. The van der Waals surface area contributed by atoms with E-state index in [4.69, 9.17) is 9.47 Å². The topological polar surface area (TPSA) is 52.6 Å². The first kappa shape index (κ1) is 15.3. The summed E-state index contributed by atoms with van der Waals surface area (Å²) in [4.78, 5) is 25.3. The Labute approximate surface area is 131 Å². The number of methoxy groups -OCH3 is 1. The van der Waals surface area contributed by atoms with E-state index in [0.29, 0.717) is 0 Å². The fraction of sp³-hybridized carbons (Fsp3) is 0.667. The largest absolute Gasteiger partial charge is 0.468 e. The standard InChI is InChI=1S/C18H24O4/c1-21-15(19)18(14-8-4-2-5-9-14)13-12-17(22-16(18)20)10-6-3-7-11-17/h4,8,12-14H,2-3,5-7,9-11H2,1H3. The summed E-state index contributed by atoms with van der Waals surface area (Å²) in [6, 6.07) is 0. The summed E-state index contributed by atoms with van der Waals surface area (Å²) in [6.07, 6.45) is 15.6. The van der Waals surface area contributed by atoms with Crippen LogP contribution in [0.2, 0.25) is 0 Å². The first-order valence-electron chi connectivity index (χ1n) is 8.32. The maximum absolute atomic E-state index is 12.9. The summed E-state index contributed by atoms with van der Waals surface area (Å²) >= 11 is 0. The van der Waals surface area contributed by atoms with Crippen LogP contribution in [-0.4, -0.2) is 24.6 Å². The normalized spacial score (nSPS) is 33.5. The van der Waals surface area contributed by atoms with Crippen LogP contribution in [0.4, 0.5) is 0 Å². The van der Waals surface area contributed by atoms with E-state index in [2.05, 4.69) is 0 Å². The van der Waals surface area contributed by atoms with Crippen molar-refractivity contribution in [3.8, 4) is 0 Å². The maximum atomic E-state index is 12.9. The van der Waals surface area contributed by atoms with Crippen molar-refractivity contribution in [1.82, 2.24) is 0 Å². The highest BCUT2D eigenvalue weighted by atomic mass is 16.6. The average Bonchev–Trinajstić information content (AvgIpc) is 2.56. The van der Waals surface area contributed by atoms with Gasteiger partial charge in [0.25, 0.3) is 0 Å². The predicted molar refractivity (Wildman–Crippen MR) is 82.0 cm³/mol. The van der Waals surface area contributed by atoms with Gasteiger partial charge in [0, 0.05) is 5.92 Å². The minimum atomic E-state index is -1.30. The number of carbonyl (C=O) groups excluding carboxylic acids is 2. The van der Waals surface area contributed by atoms with Crippen LogP contribution in [-0.2, 0) is 19.1 Å². The number of hydrogen-bond acceptors (Lipinski definition) is 4. The summed E-state index contributed by atoms with van der Waals surface area (Å²) in [5.41, 5.74) is -1.79. The van der Waals surface area contributed by atoms with Crippen molar-refractivity contribution in [3.63, 3.8) is 0 Å². The molecule has 1 aliphatic heterocycles. The molecule has 0 radical (unpaired) electrons.